The van der Waals surface area contributed by atoms with Crippen LogP contribution in [0, 0.1) is 0 Å². The second kappa shape index (κ2) is 10.6. The Balaban J connectivity index is 1.62. The van der Waals surface area contributed by atoms with Crippen molar-refractivity contribution in [3.05, 3.63) is 46.9 Å². The molecule has 0 unspecified atom stereocenters. The van der Waals surface area contributed by atoms with Gasteiger partial charge in [0, 0.05) is 38.6 Å². The van der Waals surface area contributed by atoms with Crippen molar-refractivity contribution in [1.29, 1.82) is 0 Å². The summed E-state index contributed by atoms with van der Waals surface area (Å²) in [7, 11) is -3.82. The molecule has 14 heteroatoms. The third-order valence-corrected chi connectivity index (χ3v) is 8.37. The zero-order valence-corrected chi connectivity index (χ0v) is 22.3. The maximum Gasteiger partial charge on any atom is 0.279 e. The molecule has 5 rings (SSSR count). The van der Waals surface area contributed by atoms with Crippen molar-refractivity contribution < 1.29 is 13.2 Å². The van der Waals surface area contributed by atoms with Crippen LogP contribution in [0.4, 0.5) is 0 Å². The highest BCUT2D eigenvalue weighted by Gasteiger charge is 2.30. The van der Waals surface area contributed by atoms with E-state index in [1.807, 2.05) is 6.92 Å². The summed E-state index contributed by atoms with van der Waals surface area (Å²) < 4.78 is 35.7. The molecule has 0 bridgehead atoms. The lowest BCUT2D eigenvalue weighted by Gasteiger charge is -2.33. The minimum absolute atomic E-state index is 0.00891. The average Bonchev–Trinajstić information content (AvgIpc) is 3.33. The lowest BCUT2D eigenvalue weighted by atomic mass is 10.2. The summed E-state index contributed by atoms with van der Waals surface area (Å²) in [4.78, 5) is 35.5. The van der Waals surface area contributed by atoms with Gasteiger partial charge in [-0.05, 0) is 26.0 Å². The third-order valence-electron chi connectivity index (χ3n) is 6.50. The fraction of sp³-hybridized carbons (Fsp3) is 0.417. The number of aromatic nitrogens is 7. The van der Waals surface area contributed by atoms with E-state index >= 15 is 0 Å². The number of sulfonamides is 1. The van der Waals surface area contributed by atoms with E-state index in [0.717, 1.165) is 6.54 Å². The van der Waals surface area contributed by atoms with Crippen molar-refractivity contribution in [1.82, 2.24) is 43.9 Å². The fourth-order valence-electron chi connectivity index (χ4n) is 4.49. The number of aromatic amines is 1. The third kappa shape index (κ3) is 4.66. The standard InChI is InChI=1S/C24H29N9O4S/c1-4-18-20-21(30-33(18)19-15-25-7-8-26-19)23(34)29-22(28-20)17-13-16(14-27-24(17)37-6-3)38(35,36)32-11-9-31(5-2)10-12-32/h7-8,13-15H,4-6,9-12H2,1-3H3,(H,28,29,34). The molecule has 0 amide bonds. The molecule has 0 aromatic carbocycles. The molecular formula is C24H29N9O4S. The van der Waals surface area contributed by atoms with Gasteiger partial charge in [0.15, 0.2) is 11.3 Å². The van der Waals surface area contributed by atoms with E-state index in [4.69, 9.17) is 9.72 Å². The summed E-state index contributed by atoms with van der Waals surface area (Å²) in [6, 6.07) is 1.46. The summed E-state index contributed by atoms with van der Waals surface area (Å²) in [5.74, 6) is 0.764. The molecule has 1 N–H and O–H groups in total. The SMILES string of the molecule is CCOc1ncc(S(=O)(=O)N2CCN(CC)CC2)cc1-c1nc2c(CC)n(-c3cnccn3)nc2c(=O)[nH]1. The molecule has 1 aliphatic rings. The summed E-state index contributed by atoms with van der Waals surface area (Å²) in [5, 5.41) is 4.43. The molecule has 13 nitrogen and oxygen atoms in total. The average molecular weight is 540 g/mol. The molecule has 200 valence electrons. The Morgan fingerprint density at radius 1 is 1.03 bits per heavy atom. The molecule has 0 radical (unpaired) electrons. The van der Waals surface area contributed by atoms with E-state index in [0.29, 0.717) is 56.2 Å². The fourth-order valence-corrected chi connectivity index (χ4v) is 5.88. The quantitative estimate of drug-likeness (QED) is 0.346. The summed E-state index contributed by atoms with van der Waals surface area (Å²) in [6.07, 6.45) is 6.44. The molecule has 4 aromatic heterocycles. The van der Waals surface area contributed by atoms with E-state index in [2.05, 4.69) is 36.9 Å². The molecule has 5 heterocycles. The van der Waals surface area contributed by atoms with Crippen LogP contribution < -0.4 is 10.3 Å². The van der Waals surface area contributed by atoms with Gasteiger partial charge in [-0.2, -0.15) is 9.40 Å². The van der Waals surface area contributed by atoms with Crippen molar-refractivity contribution in [3.63, 3.8) is 0 Å². The maximum atomic E-state index is 13.5. The first-order valence-corrected chi connectivity index (χ1v) is 13.9. The zero-order valence-electron chi connectivity index (χ0n) is 21.5. The van der Waals surface area contributed by atoms with Crippen molar-refractivity contribution >= 4 is 21.1 Å². The van der Waals surface area contributed by atoms with Gasteiger partial charge in [-0.25, -0.2) is 28.1 Å². The minimum atomic E-state index is -3.82. The van der Waals surface area contributed by atoms with Crippen LogP contribution in [0.1, 0.15) is 26.5 Å². The predicted molar refractivity (Wildman–Crippen MR) is 140 cm³/mol. The molecule has 1 saturated heterocycles. The Labute approximate surface area is 219 Å². The number of nitrogens with one attached hydrogen (secondary N) is 1. The number of nitrogens with zero attached hydrogens (tertiary/aromatic N) is 8. The first-order chi connectivity index (χ1) is 18.4. The smallest absolute Gasteiger partial charge is 0.279 e. The number of fused-ring (bicyclic) bond motifs is 1. The minimum Gasteiger partial charge on any atom is -0.477 e. The van der Waals surface area contributed by atoms with Gasteiger partial charge < -0.3 is 14.6 Å². The lowest BCUT2D eigenvalue weighted by Crippen LogP contribution is -2.48. The van der Waals surface area contributed by atoms with Gasteiger partial charge in [-0.1, -0.05) is 13.8 Å². The van der Waals surface area contributed by atoms with Gasteiger partial charge in [-0.15, -0.1) is 0 Å². The van der Waals surface area contributed by atoms with E-state index < -0.39 is 15.6 Å². The molecule has 0 spiro atoms. The lowest BCUT2D eigenvalue weighted by molar-refractivity contribution is 0.196. The van der Waals surface area contributed by atoms with Gasteiger partial charge in [0.05, 0.1) is 30.3 Å². The van der Waals surface area contributed by atoms with Crippen LogP contribution in [0.25, 0.3) is 28.2 Å². The van der Waals surface area contributed by atoms with Crippen molar-refractivity contribution in [2.75, 3.05) is 39.3 Å². The van der Waals surface area contributed by atoms with Crippen LogP contribution in [0.3, 0.4) is 0 Å². The Morgan fingerprint density at radius 3 is 2.47 bits per heavy atom. The largest absolute Gasteiger partial charge is 0.477 e. The van der Waals surface area contributed by atoms with Crippen molar-refractivity contribution in [2.45, 2.75) is 32.1 Å². The maximum absolute atomic E-state index is 13.5. The van der Waals surface area contributed by atoms with Crippen LogP contribution >= 0.6 is 0 Å². The second-order valence-electron chi connectivity index (χ2n) is 8.68. The van der Waals surface area contributed by atoms with Crippen molar-refractivity contribution in [3.8, 4) is 23.1 Å². The van der Waals surface area contributed by atoms with Crippen LogP contribution in [0.15, 0.2) is 40.5 Å². The first kappa shape index (κ1) is 25.9. The van der Waals surface area contributed by atoms with Crippen LogP contribution in [0.2, 0.25) is 0 Å². The summed E-state index contributed by atoms with van der Waals surface area (Å²) >= 11 is 0. The highest BCUT2D eigenvalue weighted by molar-refractivity contribution is 7.89. The zero-order chi connectivity index (χ0) is 26.9. The Morgan fingerprint density at radius 2 is 1.82 bits per heavy atom. The number of piperazine rings is 1. The predicted octanol–water partition coefficient (Wildman–Crippen LogP) is 1.25. The van der Waals surface area contributed by atoms with Gasteiger partial charge >= 0.3 is 0 Å². The molecule has 0 atom stereocenters. The topological polar surface area (TPSA) is 152 Å². The van der Waals surface area contributed by atoms with Crippen LogP contribution in [0.5, 0.6) is 5.88 Å². The molecule has 4 aromatic rings. The Bertz CT molecular complexity index is 1610. The first-order valence-electron chi connectivity index (χ1n) is 12.5. The number of hydrogen-bond acceptors (Lipinski definition) is 10. The highest BCUT2D eigenvalue weighted by atomic mass is 32.2. The number of likely N-dealkylation sites (N-methyl/N-ethyl adjacent to an activating group) is 1. The monoisotopic (exact) mass is 539 g/mol. The number of rotatable bonds is 8. The summed E-state index contributed by atoms with van der Waals surface area (Å²) in [6.45, 7) is 9.04. The highest BCUT2D eigenvalue weighted by Crippen LogP contribution is 2.30. The van der Waals surface area contributed by atoms with Gasteiger partial charge in [0.25, 0.3) is 5.56 Å². The second-order valence-corrected chi connectivity index (χ2v) is 10.6. The number of hydrogen-bond donors (Lipinski definition) is 1. The van der Waals surface area contributed by atoms with E-state index in [9.17, 15) is 13.2 Å². The van der Waals surface area contributed by atoms with Crippen LogP contribution in [-0.4, -0.2) is 91.7 Å². The molecule has 38 heavy (non-hydrogen) atoms. The normalized spacial score (nSPS) is 15.2. The van der Waals surface area contributed by atoms with E-state index in [1.165, 1.54) is 22.8 Å². The number of aryl methyl sites for hydroxylation is 1. The van der Waals surface area contributed by atoms with E-state index in [-0.39, 0.29) is 27.7 Å². The van der Waals surface area contributed by atoms with Crippen LogP contribution in [-0.2, 0) is 16.4 Å². The Hall–Kier alpha value is -3.75. The van der Waals surface area contributed by atoms with Gasteiger partial charge in [0.2, 0.25) is 15.9 Å². The summed E-state index contributed by atoms with van der Waals surface area (Å²) in [5.41, 5.74) is 0.974. The van der Waals surface area contributed by atoms with Crippen molar-refractivity contribution in [2.24, 2.45) is 0 Å². The van der Waals surface area contributed by atoms with Gasteiger partial charge in [-0.3, -0.25) is 9.78 Å². The molecule has 1 aliphatic heterocycles. The van der Waals surface area contributed by atoms with E-state index in [1.54, 1.807) is 24.0 Å². The molecular weight excluding hydrogens is 510 g/mol. The number of ether oxygens (including phenoxy) is 1. The Kier molecular flexibility index (Phi) is 7.19. The number of H-pyrrole nitrogens is 1. The molecule has 0 aliphatic carbocycles. The number of pyridine rings is 1. The molecule has 1 fully saturated rings. The van der Waals surface area contributed by atoms with Gasteiger partial charge in [0.1, 0.15) is 16.2 Å². The molecule has 0 saturated carbocycles.